The molecule has 1 aliphatic rings. The first-order chi connectivity index (χ1) is 13.3. The lowest BCUT2D eigenvalue weighted by molar-refractivity contribution is -0.155. The molecule has 0 saturated carbocycles. The summed E-state index contributed by atoms with van der Waals surface area (Å²) in [5, 5.41) is 2.58. The Morgan fingerprint density at radius 3 is 2.43 bits per heavy atom. The molecule has 1 N–H and O–H groups in total. The summed E-state index contributed by atoms with van der Waals surface area (Å²) in [4.78, 5) is 38.8. The summed E-state index contributed by atoms with van der Waals surface area (Å²) in [6.45, 7) is 1.14. The second kappa shape index (κ2) is 8.16. The molecule has 2 aromatic carbocycles. The van der Waals surface area contributed by atoms with Gasteiger partial charge in [0.15, 0.2) is 0 Å². The molecule has 0 aromatic heterocycles. The molecule has 1 saturated heterocycles. The van der Waals surface area contributed by atoms with Gasteiger partial charge in [-0.25, -0.2) is 8.78 Å². The molecular formula is C20H19F2N3O3. The number of carbonyl (C=O) groups excluding carboxylic acids is 3. The standard InChI is InChI=1S/C20H19F2N3O3/c1-24-8-9-25(20(28)19(24)27)12-13-2-4-14(5-3-13)18(26)23-11-15-6-7-16(21)10-17(15)22/h2-7,10H,8-9,11-12H2,1H3,(H,23,26). The van der Waals surface area contributed by atoms with E-state index in [1.165, 1.54) is 15.9 Å². The lowest BCUT2D eigenvalue weighted by Crippen LogP contribution is -2.52. The number of nitrogens with one attached hydrogen (secondary N) is 1. The Kier molecular flexibility index (Phi) is 5.67. The number of hydrogen-bond donors (Lipinski definition) is 1. The number of amides is 3. The fourth-order valence-electron chi connectivity index (χ4n) is 2.85. The van der Waals surface area contributed by atoms with Crippen molar-refractivity contribution in [1.82, 2.24) is 15.1 Å². The predicted molar refractivity (Wildman–Crippen MR) is 97.0 cm³/mol. The van der Waals surface area contributed by atoms with E-state index in [1.54, 1.807) is 31.3 Å². The highest BCUT2D eigenvalue weighted by Crippen LogP contribution is 2.12. The maximum absolute atomic E-state index is 13.6. The average Bonchev–Trinajstić information content (AvgIpc) is 2.68. The van der Waals surface area contributed by atoms with Gasteiger partial charge in [-0.05, 0) is 23.8 Å². The van der Waals surface area contributed by atoms with Gasteiger partial charge in [-0.15, -0.1) is 0 Å². The number of benzene rings is 2. The molecular weight excluding hydrogens is 368 g/mol. The second-order valence-corrected chi connectivity index (χ2v) is 6.57. The molecule has 0 bridgehead atoms. The largest absolute Gasteiger partial charge is 0.348 e. The Hall–Kier alpha value is -3.29. The number of rotatable bonds is 5. The van der Waals surface area contributed by atoms with Crippen LogP contribution in [0.15, 0.2) is 42.5 Å². The van der Waals surface area contributed by atoms with Gasteiger partial charge >= 0.3 is 11.8 Å². The van der Waals surface area contributed by atoms with E-state index in [2.05, 4.69) is 5.32 Å². The fourth-order valence-corrected chi connectivity index (χ4v) is 2.85. The number of hydrogen-bond acceptors (Lipinski definition) is 3. The Balaban J connectivity index is 1.58. The van der Waals surface area contributed by atoms with Gasteiger partial charge in [0, 0.05) is 50.4 Å². The van der Waals surface area contributed by atoms with Crippen LogP contribution in [0.4, 0.5) is 8.78 Å². The van der Waals surface area contributed by atoms with Crippen LogP contribution in [0.5, 0.6) is 0 Å². The highest BCUT2D eigenvalue weighted by Gasteiger charge is 2.30. The van der Waals surface area contributed by atoms with Gasteiger partial charge < -0.3 is 15.1 Å². The topological polar surface area (TPSA) is 69.7 Å². The van der Waals surface area contributed by atoms with Crippen LogP contribution in [0.2, 0.25) is 0 Å². The summed E-state index contributed by atoms with van der Waals surface area (Å²) >= 11 is 0. The van der Waals surface area contributed by atoms with E-state index in [0.29, 0.717) is 18.7 Å². The van der Waals surface area contributed by atoms with E-state index in [1.807, 2.05) is 0 Å². The first kappa shape index (κ1) is 19.5. The van der Waals surface area contributed by atoms with Crippen LogP contribution in [-0.4, -0.2) is 47.7 Å². The number of likely N-dealkylation sites (N-methyl/N-ethyl adjacent to an activating group) is 1. The maximum atomic E-state index is 13.6. The third-order valence-electron chi connectivity index (χ3n) is 4.57. The lowest BCUT2D eigenvalue weighted by atomic mass is 10.1. The minimum atomic E-state index is -0.720. The van der Waals surface area contributed by atoms with Crippen molar-refractivity contribution in [2.75, 3.05) is 20.1 Å². The molecule has 0 spiro atoms. The Bertz CT molecular complexity index is 915. The van der Waals surface area contributed by atoms with E-state index in [9.17, 15) is 23.2 Å². The molecule has 6 nitrogen and oxygen atoms in total. The zero-order valence-electron chi connectivity index (χ0n) is 15.2. The molecule has 0 unspecified atom stereocenters. The molecule has 0 aliphatic carbocycles. The smallest absolute Gasteiger partial charge is 0.312 e. The van der Waals surface area contributed by atoms with Crippen LogP contribution in [0.25, 0.3) is 0 Å². The van der Waals surface area contributed by atoms with Crippen LogP contribution in [0, 0.1) is 11.6 Å². The Labute approximate surface area is 160 Å². The van der Waals surface area contributed by atoms with Gasteiger partial charge in [0.05, 0.1) is 0 Å². The third kappa shape index (κ3) is 4.33. The van der Waals surface area contributed by atoms with Crippen LogP contribution in [0.1, 0.15) is 21.5 Å². The van der Waals surface area contributed by atoms with Gasteiger partial charge in [0.25, 0.3) is 5.91 Å². The summed E-state index contributed by atoms with van der Waals surface area (Å²) in [6.07, 6.45) is 0. The third-order valence-corrected chi connectivity index (χ3v) is 4.57. The average molecular weight is 387 g/mol. The molecule has 3 rings (SSSR count). The van der Waals surface area contributed by atoms with E-state index in [4.69, 9.17) is 0 Å². The van der Waals surface area contributed by atoms with E-state index >= 15 is 0 Å². The van der Waals surface area contributed by atoms with Crippen molar-refractivity contribution in [2.24, 2.45) is 0 Å². The van der Waals surface area contributed by atoms with Crippen LogP contribution >= 0.6 is 0 Å². The Morgan fingerprint density at radius 1 is 1.04 bits per heavy atom. The highest BCUT2D eigenvalue weighted by atomic mass is 19.1. The summed E-state index contributed by atoms with van der Waals surface area (Å²) in [6, 6.07) is 9.75. The minimum Gasteiger partial charge on any atom is -0.348 e. The van der Waals surface area contributed by atoms with Gasteiger partial charge in [-0.2, -0.15) is 0 Å². The monoisotopic (exact) mass is 387 g/mol. The SMILES string of the molecule is CN1CCN(Cc2ccc(C(=O)NCc3ccc(F)cc3F)cc2)C(=O)C1=O. The van der Waals surface area contributed by atoms with E-state index < -0.39 is 29.4 Å². The number of halogens is 2. The maximum Gasteiger partial charge on any atom is 0.312 e. The molecule has 2 aromatic rings. The van der Waals surface area contributed by atoms with E-state index in [-0.39, 0.29) is 18.7 Å². The summed E-state index contributed by atoms with van der Waals surface area (Å²) in [7, 11) is 1.59. The van der Waals surface area contributed by atoms with Gasteiger partial charge in [-0.1, -0.05) is 18.2 Å². The van der Waals surface area contributed by atoms with Crippen LogP contribution in [-0.2, 0) is 22.7 Å². The first-order valence-corrected chi connectivity index (χ1v) is 8.70. The molecule has 1 heterocycles. The fraction of sp³-hybridized carbons (Fsp3) is 0.250. The normalized spacial score (nSPS) is 14.4. The summed E-state index contributed by atoms with van der Waals surface area (Å²) < 4.78 is 26.5. The molecule has 3 amide bonds. The molecule has 8 heteroatoms. The van der Waals surface area contributed by atoms with Crippen molar-refractivity contribution in [1.29, 1.82) is 0 Å². The van der Waals surface area contributed by atoms with Gasteiger partial charge in [0.1, 0.15) is 11.6 Å². The Morgan fingerprint density at radius 2 is 1.75 bits per heavy atom. The van der Waals surface area contributed by atoms with Crippen LogP contribution < -0.4 is 5.32 Å². The van der Waals surface area contributed by atoms with Crippen molar-refractivity contribution in [3.8, 4) is 0 Å². The van der Waals surface area contributed by atoms with Crippen molar-refractivity contribution in [3.63, 3.8) is 0 Å². The molecule has 1 fully saturated rings. The molecule has 146 valence electrons. The van der Waals surface area contributed by atoms with Crippen molar-refractivity contribution in [3.05, 3.63) is 70.8 Å². The number of nitrogens with zero attached hydrogens (tertiary/aromatic N) is 2. The molecule has 1 aliphatic heterocycles. The minimum absolute atomic E-state index is 0.0649. The van der Waals surface area contributed by atoms with Crippen LogP contribution in [0.3, 0.4) is 0 Å². The molecule has 0 radical (unpaired) electrons. The summed E-state index contributed by atoms with van der Waals surface area (Å²) in [5.41, 5.74) is 1.34. The molecule has 0 atom stereocenters. The van der Waals surface area contributed by atoms with Crippen molar-refractivity contribution in [2.45, 2.75) is 13.1 Å². The predicted octanol–water partition coefficient (Wildman–Crippen LogP) is 1.70. The lowest BCUT2D eigenvalue weighted by Gasteiger charge is -2.31. The first-order valence-electron chi connectivity index (χ1n) is 8.70. The highest BCUT2D eigenvalue weighted by molar-refractivity contribution is 6.35. The second-order valence-electron chi connectivity index (χ2n) is 6.57. The van der Waals surface area contributed by atoms with E-state index in [0.717, 1.165) is 17.7 Å². The van der Waals surface area contributed by atoms with Crippen molar-refractivity contribution < 1.29 is 23.2 Å². The quantitative estimate of drug-likeness (QED) is 0.794. The van der Waals surface area contributed by atoms with Gasteiger partial charge in [-0.3, -0.25) is 14.4 Å². The number of carbonyl (C=O) groups is 3. The molecule has 28 heavy (non-hydrogen) atoms. The summed E-state index contributed by atoms with van der Waals surface area (Å²) in [5.74, 6) is -2.88. The van der Waals surface area contributed by atoms with Crippen molar-refractivity contribution >= 4 is 17.7 Å². The number of piperazine rings is 1. The zero-order valence-corrected chi connectivity index (χ0v) is 15.2. The van der Waals surface area contributed by atoms with Gasteiger partial charge in [0.2, 0.25) is 0 Å². The zero-order chi connectivity index (χ0) is 20.3.